The standard InChI is InChI=1S/C11H21N5OS/c1-7(2)11-14-9(5-10(15-11)16-12)13-8(3)6-18(4)17/h5,7-8H,6,12H2,1-4H3,(H2,13,14,15,16). The van der Waals surface area contributed by atoms with Crippen LogP contribution < -0.4 is 16.6 Å². The van der Waals surface area contributed by atoms with Gasteiger partial charge in [0.25, 0.3) is 0 Å². The van der Waals surface area contributed by atoms with Crippen LogP contribution in [0, 0.1) is 0 Å². The summed E-state index contributed by atoms with van der Waals surface area (Å²) in [5.74, 6) is 8.16. The molecule has 0 amide bonds. The lowest BCUT2D eigenvalue weighted by molar-refractivity contribution is 0.682. The second kappa shape index (κ2) is 6.65. The molecule has 0 bridgehead atoms. The Balaban J connectivity index is 2.87. The van der Waals surface area contributed by atoms with Crippen molar-refractivity contribution < 1.29 is 4.21 Å². The molecule has 0 aliphatic heterocycles. The van der Waals surface area contributed by atoms with Gasteiger partial charge < -0.3 is 10.7 Å². The first-order chi connectivity index (χ1) is 8.42. The molecule has 1 rings (SSSR count). The zero-order chi connectivity index (χ0) is 13.7. The third kappa shape index (κ3) is 4.58. The summed E-state index contributed by atoms with van der Waals surface area (Å²) in [6, 6.07) is 1.82. The number of hydrogen-bond acceptors (Lipinski definition) is 6. The number of rotatable bonds is 6. The number of hydrogen-bond donors (Lipinski definition) is 3. The number of hydrazine groups is 1. The molecule has 1 heterocycles. The summed E-state index contributed by atoms with van der Waals surface area (Å²) in [6.07, 6.45) is 1.69. The number of aromatic nitrogens is 2. The summed E-state index contributed by atoms with van der Waals surface area (Å²) in [6.45, 7) is 6.00. The van der Waals surface area contributed by atoms with E-state index in [9.17, 15) is 4.21 Å². The van der Waals surface area contributed by atoms with Gasteiger partial charge in [0.15, 0.2) is 0 Å². The van der Waals surface area contributed by atoms with Crippen LogP contribution in [0.4, 0.5) is 11.6 Å². The fourth-order valence-corrected chi connectivity index (χ4v) is 2.31. The van der Waals surface area contributed by atoms with Crippen molar-refractivity contribution in [3.8, 4) is 0 Å². The van der Waals surface area contributed by atoms with Gasteiger partial charge in [-0.25, -0.2) is 15.8 Å². The molecule has 0 spiro atoms. The fraction of sp³-hybridized carbons (Fsp3) is 0.636. The summed E-state index contributed by atoms with van der Waals surface area (Å²) in [4.78, 5) is 8.68. The highest BCUT2D eigenvalue weighted by atomic mass is 32.2. The number of anilines is 2. The number of nitrogens with zero attached hydrogens (tertiary/aromatic N) is 2. The third-order valence-electron chi connectivity index (χ3n) is 2.29. The lowest BCUT2D eigenvalue weighted by Crippen LogP contribution is -2.23. The van der Waals surface area contributed by atoms with E-state index in [0.29, 0.717) is 17.4 Å². The van der Waals surface area contributed by atoms with Crippen LogP contribution >= 0.6 is 0 Å². The van der Waals surface area contributed by atoms with Crippen molar-refractivity contribution in [1.29, 1.82) is 0 Å². The van der Waals surface area contributed by atoms with Crippen molar-refractivity contribution >= 4 is 22.4 Å². The first kappa shape index (κ1) is 14.8. The molecule has 0 fully saturated rings. The smallest absolute Gasteiger partial charge is 0.145 e. The predicted molar refractivity (Wildman–Crippen MR) is 75.9 cm³/mol. The topological polar surface area (TPSA) is 92.9 Å². The number of nitrogens with two attached hydrogens (primary N) is 1. The Labute approximate surface area is 110 Å². The molecule has 1 aromatic rings. The molecule has 1 aromatic heterocycles. The summed E-state index contributed by atoms with van der Waals surface area (Å²) < 4.78 is 11.1. The van der Waals surface area contributed by atoms with Crippen molar-refractivity contribution in [2.24, 2.45) is 5.84 Å². The maximum atomic E-state index is 11.1. The summed E-state index contributed by atoms with van der Waals surface area (Å²) in [7, 11) is -0.837. The van der Waals surface area contributed by atoms with Crippen LogP contribution in [0.1, 0.15) is 32.5 Å². The highest BCUT2D eigenvalue weighted by Gasteiger charge is 2.10. The molecule has 2 unspecified atom stereocenters. The van der Waals surface area contributed by atoms with Gasteiger partial charge in [-0.1, -0.05) is 13.8 Å². The van der Waals surface area contributed by atoms with Gasteiger partial charge in [-0.2, -0.15) is 0 Å². The molecule has 0 saturated heterocycles. The lowest BCUT2D eigenvalue weighted by atomic mass is 10.2. The second-order valence-corrected chi connectivity index (χ2v) is 6.06. The molecule has 0 saturated carbocycles. The van der Waals surface area contributed by atoms with Gasteiger partial charge in [-0.15, -0.1) is 0 Å². The Kier molecular flexibility index (Phi) is 5.49. The zero-order valence-electron chi connectivity index (χ0n) is 11.2. The third-order valence-corrected chi connectivity index (χ3v) is 3.26. The minimum absolute atomic E-state index is 0.0800. The minimum atomic E-state index is -0.837. The van der Waals surface area contributed by atoms with Crippen molar-refractivity contribution in [1.82, 2.24) is 9.97 Å². The van der Waals surface area contributed by atoms with E-state index in [1.54, 1.807) is 12.3 Å². The predicted octanol–water partition coefficient (Wildman–Crippen LogP) is 1.06. The van der Waals surface area contributed by atoms with Crippen LogP contribution in [-0.2, 0) is 10.8 Å². The average molecular weight is 271 g/mol. The van der Waals surface area contributed by atoms with Crippen LogP contribution in [0.2, 0.25) is 0 Å². The van der Waals surface area contributed by atoms with Gasteiger partial charge in [0.2, 0.25) is 0 Å². The highest BCUT2D eigenvalue weighted by Crippen LogP contribution is 2.16. The molecule has 6 nitrogen and oxygen atoms in total. The average Bonchev–Trinajstić information content (AvgIpc) is 2.27. The van der Waals surface area contributed by atoms with Gasteiger partial charge in [-0.05, 0) is 6.92 Å². The Bertz CT molecular complexity index is 424. The molecule has 0 radical (unpaired) electrons. The van der Waals surface area contributed by atoms with Crippen LogP contribution in [0.25, 0.3) is 0 Å². The first-order valence-electron chi connectivity index (χ1n) is 5.84. The first-order valence-corrected chi connectivity index (χ1v) is 7.57. The summed E-state index contributed by atoms with van der Waals surface area (Å²) >= 11 is 0. The fourth-order valence-electron chi connectivity index (χ4n) is 1.52. The van der Waals surface area contributed by atoms with Gasteiger partial charge in [0.1, 0.15) is 17.5 Å². The van der Waals surface area contributed by atoms with Gasteiger partial charge in [-0.3, -0.25) is 4.21 Å². The molecule has 4 N–H and O–H groups in total. The molecule has 0 aliphatic rings. The van der Waals surface area contributed by atoms with E-state index in [0.717, 1.165) is 5.82 Å². The van der Waals surface area contributed by atoms with Crippen molar-refractivity contribution in [2.75, 3.05) is 22.8 Å². The van der Waals surface area contributed by atoms with Crippen molar-refractivity contribution in [3.05, 3.63) is 11.9 Å². The zero-order valence-corrected chi connectivity index (χ0v) is 12.0. The van der Waals surface area contributed by atoms with Crippen LogP contribution in [0.3, 0.4) is 0 Å². The quantitative estimate of drug-likeness (QED) is 0.529. The molecular weight excluding hydrogens is 250 g/mol. The van der Waals surface area contributed by atoms with Gasteiger partial charge in [0, 0.05) is 40.8 Å². The van der Waals surface area contributed by atoms with Crippen molar-refractivity contribution in [2.45, 2.75) is 32.7 Å². The minimum Gasteiger partial charge on any atom is -0.367 e. The monoisotopic (exact) mass is 271 g/mol. The number of nitrogens with one attached hydrogen (secondary N) is 2. The Hall–Kier alpha value is -1.21. The van der Waals surface area contributed by atoms with Gasteiger partial charge >= 0.3 is 0 Å². The maximum absolute atomic E-state index is 11.1. The summed E-state index contributed by atoms with van der Waals surface area (Å²) in [5, 5.41) is 3.20. The maximum Gasteiger partial charge on any atom is 0.145 e. The Morgan fingerprint density at radius 3 is 2.44 bits per heavy atom. The van der Waals surface area contributed by atoms with E-state index < -0.39 is 10.8 Å². The van der Waals surface area contributed by atoms with E-state index in [1.165, 1.54) is 0 Å². The van der Waals surface area contributed by atoms with Crippen molar-refractivity contribution in [3.63, 3.8) is 0 Å². The largest absolute Gasteiger partial charge is 0.367 e. The Morgan fingerprint density at radius 1 is 1.33 bits per heavy atom. The van der Waals surface area contributed by atoms with Crippen LogP contribution in [0.5, 0.6) is 0 Å². The number of nitrogen functional groups attached to an aromatic ring is 1. The second-order valence-electron chi connectivity index (χ2n) is 4.58. The lowest BCUT2D eigenvalue weighted by Gasteiger charge is -2.15. The molecule has 18 heavy (non-hydrogen) atoms. The van der Waals surface area contributed by atoms with E-state index in [-0.39, 0.29) is 12.0 Å². The molecule has 7 heteroatoms. The van der Waals surface area contributed by atoms with Crippen LogP contribution in [0.15, 0.2) is 6.07 Å². The molecule has 102 valence electrons. The molecule has 0 aromatic carbocycles. The summed E-state index contributed by atoms with van der Waals surface area (Å²) in [5.41, 5.74) is 2.53. The highest BCUT2D eigenvalue weighted by molar-refractivity contribution is 7.84. The molecule has 2 atom stereocenters. The Morgan fingerprint density at radius 2 is 1.94 bits per heavy atom. The normalized spacial score (nSPS) is 14.3. The van der Waals surface area contributed by atoms with Gasteiger partial charge in [0.05, 0.1) is 0 Å². The van der Waals surface area contributed by atoms with E-state index >= 15 is 0 Å². The SMILES string of the molecule is CC(CS(C)=O)Nc1cc(NN)nc(C(C)C)n1. The van der Waals surface area contributed by atoms with E-state index in [1.807, 2.05) is 20.8 Å². The van der Waals surface area contributed by atoms with E-state index in [4.69, 9.17) is 5.84 Å². The molecular formula is C11H21N5OS. The molecule has 0 aliphatic carbocycles. The van der Waals surface area contributed by atoms with Crippen LogP contribution in [-0.4, -0.2) is 32.2 Å². The van der Waals surface area contributed by atoms with E-state index in [2.05, 4.69) is 20.7 Å².